The molecular weight excluding hydrogens is 270 g/mol. The van der Waals surface area contributed by atoms with Crippen LogP contribution in [-0.4, -0.2) is 25.1 Å². The Morgan fingerprint density at radius 2 is 2.19 bits per heavy atom. The summed E-state index contributed by atoms with van der Waals surface area (Å²) >= 11 is 0. The molecule has 1 aromatic rings. The van der Waals surface area contributed by atoms with E-state index in [0.717, 1.165) is 24.1 Å². The van der Waals surface area contributed by atoms with Crippen molar-refractivity contribution >= 4 is 17.6 Å². The van der Waals surface area contributed by atoms with Crippen molar-refractivity contribution in [3.63, 3.8) is 0 Å². The van der Waals surface area contributed by atoms with Gasteiger partial charge in [-0.25, -0.2) is 4.79 Å². The predicted octanol–water partition coefficient (Wildman–Crippen LogP) is 2.68. The van der Waals surface area contributed by atoms with Gasteiger partial charge in [0.05, 0.1) is 7.11 Å². The maximum atomic E-state index is 11.7. The fourth-order valence-electron chi connectivity index (χ4n) is 2.34. The van der Waals surface area contributed by atoms with Gasteiger partial charge >= 0.3 is 5.97 Å². The molecule has 1 heterocycles. The Balaban J connectivity index is 2.10. The molecule has 0 aromatic heterocycles. The van der Waals surface area contributed by atoms with Crippen molar-refractivity contribution in [2.24, 2.45) is 0 Å². The number of hydrogen-bond acceptors (Lipinski definition) is 4. The standard InChI is InChI=1S/C16H21NO4/c1-3-4-5-14(16(19)20-2)21-12-7-8-13-11(10-12)6-9-15(18)17-13/h7-8,10,14H,3-6,9H2,1-2H3,(H,17,18). The summed E-state index contributed by atoms with van der Waals surface area (Å²) in [4.78, 5) is 23.1. The molecule has 0 fully saturated rings. The average molecular weight is 291 g/mol. The number of anilines is 1. The van der Waals surface area contributed by atoms with Crippen LogP contribution in [0.2, 0.25) is 0 Å². The summed E-state index contributed by atoms with van der Waals surface area (Å²) in [6.45, 7) is 2.07. The molecule has 21 heavy (non-hydrogen) atoms. The molecule has 1 aliphatic heterocycles. The quantitative estimate of drug-likeness (QED) is 0.818. The fraction of sp³-hybridized carbons (Fsp3) is 0.500. The van der Waals surface area contributed by atoms with Crippen molar-refractivity contribution in [2.45, 2.75) is 45.1 Å². The zero-order valence-corrected chi connectivity index (χ0v) is 12.5. The van der Waals surface area contributed by atoms with Gasteiger partial charge in [-0.3, -0.25) is 4.79 Å². The molecule has 1 unspecified atom stereocenters. The zero-order valence-electron chi connectivity index (χ0n) is 12.5. The number of carbonyl (C=O) groups is 2. The van der Waals surface area contributed by atoms with Gasteiger partial charge in [-0.05, 0) is 43.0 Å². The van der Waals surface area contributed by atoms with E-state index in [1.165, 1.54) is 7.11 Å². The molecule has 0 saturated carbocycles. The molecule has 1 amide bonds. The number of methoxy groups -OCH3 is 1. The van der Waals surface area contributed by atoms with Crippen molar-refractivity contribution in [1.29, 1.82) is 0 Å². The van der Waals surface area contributed by atoms with E-state index >= 15 is 0 Å². The fourth-order valence-corrected chi connectivity index (χ4v) is 2.34. The van der Waals surface area contributed by atoms with E-state index in [-0.39, 0.29) is 11.9 Å². The summed E-state index contributed by atoms with van der Waals surface area (Å²) in [7, 11) is 1.37. The van der Waals surface area contributed by atoms with Gasteiger partial charge in [0.2, 0.25) is 5.91 Å². The van der Waals surface area contributed by atoms with Crippen LogP contribution in [-0.2, 0) is 20.7 Å². The number of benzene rings is 1. The number of nitrogens with one attached hydrogen (secondary N) is 1. The van der Waals surface area contributed by atoms with Crippen molar-refractivity contribution in [3.8, 4) is 5.75 Å². The highest BCUT2D eigenvalue weighted by Gasteiger charge is 2.22. The number of fused-ring (bicyclic) bond motifs is 1. The van der Waals surface area contributed by atoms with Crippen LogP contribution in [0.3, 0.4) is 0 Å². The molecule has 1 N–H and O–H groups in total. The van der Waals surface area contributed by atoms with E-state index in [4.69, 9.17) is 9.47 Å². The van der Waals surface area contributed by atoms with Crippen LogP contribution in [0.1, 0.15) is 38.2 Å². The van der Waals surface area contributed by atoms with Gasteiger partial charge in [0.25, 0.3) is 0 Å². The van der Waals surface area contributed by atoms with Crippen LogP contribution >= 0.6 is 0 Å². The summed E-state index contributed by atoms with van der Waals surface area (Å²) in [5.74, 6) is 0.317. The van der Waals surface area contributed by atoms with Crippen LogP contribution in [0.15, 0.2) is 18.2 Å². The van der Waals surface area contributed by atoms with E-state index in [2.05, 4.69) is 12.2 Å². The second kappa shape index (κ2) is 7.11. The highest BCUT2D eigenvalue weighted by molar-refractivity contribution is 5.94. The number of carbonyl (C=O) groups excluding carboxylic acids is 2. The highest BCUT2D eigenvalue weighted by Crippen LogP contribution is 2.27. The van der Waals surface area contributed by atoms with Crippen molar-refractivity contribution in [2.75, 3.05) is 12.4 Å². The Labute approximate surface area is 124 Å². The smallest absolute Gasteiger partial charge is 0.347 e. The maximum absolute atomic E-state index is 11.7. The molecule has 0 aliphatic carbocycles. The number of aryl methyl sites for hydroxylation is 1. The Morgan fingerprint density at radius 1 is 1.38 bits per heavy atom. The largest absolute Gasteiger partial charge is 0.479 e. The third-order valence-electron chi connectivity index (χ3n) is 3.53. The lowest BCUT2D eigenvalue weighted by atomic mass is 10.0. The van der Waals surface area contributed by atoms with Crippen LogP contribution in [0.5, 0.6) is 5.75 Å². The first kappa shape index (κ1) is 15.4. The molecule has 0 bridgehead atoms. The third kappa shape index (κ3) is 3.97. The number of amides is 1. The summed E-state index contributed by atoms with van der Waals surface area (Å²) in [6.07, 6.45) is 3.12. The number of unbranched alkanes of at least 4 members (excludes halogenated alkanes) is 1. The SMILES string of the molecule is CCCCC(Oc1ccc2c(c1)CCC(=O)N2)C(=O)OC. The van der Waals surface area contributed by atoms with Crippen LogP contribution in [0.4, 0.5) is 5.69 Å². The second-order valence-corrected chi connectivity index (χ2v) is 5.14. The first-order valence-corrected chi connectivity index (χ1v) is 7.31. The monoisotopic (exact) mass is 291 g/mol. The lowest BCUT2D eigenvalue weighted by molar-refractivity contribution is -0.149. The molecule has 0 radical (unpaired) electrons. The second-order valence-electron chi connectivity index (χ2n) is 5.14. The minimum Gasteiger partial charge on any atom is -0.479 e. The Bertz CT molecular complexity index is 527. The van der Waals surface area contributed by atoms with Gasteiger partial charge < -0.3 is 14.8 Å². The van der Waals surface area contributed by atoms with Crippen molar-refractivity contribution < 1.29 is 19.1 Å². The first-order valence-electron chi connectivity index (χ1n) is 7.31. The lowest BCUT2D eigenvalue weighted by Crippen LogP contribution is -2.28. The highest BCUT2D eigenvalue weighted by atomic mass is 16.6. The minimum atomic E-state index is -0.578. The summed E-state index contributed by atoms with van der Waals surface area (Å²) in [5, 5.41) is 2.82. The minimum absolute atomic E-state index is 0.0338. The molecule has 5 heteroatoms. The first-order chi connectivity index (χ1) is 10.1. The summed E-state index contributed by atoms with van der Waals surface area (Å²) in [6, 6.07) is 5.47. The molecule has 5 nitrogen and oxygen atoms in total. The van der Waals surface area contributed by atoms with Crippen LogP contribution in [0, 0.1) is 0 Å². The van der Waals surface area contributed by atoms with Gasteiger partial charge in [0.1, 0.15) is 5.75 Å². The lowest BCUT2D eigenvalue weighted by Gasteiger charge is -2.20. The van der Waals surface area contributed by atoms with E-state index in [0.29, 0.717) is 25.0 Å². The molecule has 114 valence electrons. The van der Waals surface area contributed by atoms with Gasteiger partial charge in [-0.1, -0.05) is 13.3 Å². The molecule has 2 rings (SSSR count). The van der Waals surface area contributed by atoms with E-state index in [9.17, 15) is 9.59 Å². The van der Waals surface area contributed by atoms with E-state index in [1.54, 1.807) is 6.07 Å². The predicted molar refractivity (Wildman–Crippen MR) is 79.3 cm³/mol. The average Bonchev–Trinajstić information content (AvgIpc) is 2.50. The van der Waals surface area contributed by atoms with E-state index < -0.39 is 6.10 Å². The van der Waals surface area contributed by atoms with Gasteiger partial charge in [-0.2, -0.15) is 0 Å². The molecule has 1 aromatic carbocycles. The van der Waals surface area contributed by atoms with Gasteiger partial charge in [0.15, 0.2) is 6.10 Å². The number of hydrogen-bond donors (Lipinski definition) is 1. The summed E-state index contributed by atoms with van der Waals surface area (Å²) < 4.78 is 10.6. The van der Waals surface area contributed by atoms with Gasteiger partial charge in [-0.15, -0.1) is 0 Å². The molecule has 1 atom stereocenters. The van der Waals surface area contributed by atoms with Gasteiger partial charge in [0, 0.05) is 12.1 Å². The van der Waals surface area contributed by atoms with Crippen molar-refractivity contribution in [3.05, 3.63) is 23.8 Å². The Morgan fingerprint density at radius 3 is 2.90 bits per heavy atom. The van der Waals surface area contributed by atoms with Crippen molar-refractivity contribution in [1.82, 2.24) is 0 Å². The zero-order chi connectivity index (χ0) is 15.2. The topological polar surface area (TPSA) is 64.6 Å². The van der Waals surface area contributed by atoms with E-state index in [1.807, 2.05) is 12.1 Å². The normalized spacial score (nSPS) is 14.9. The number of ether oxygens (including phenoxy) is 2. The molecule has 0 spiro atoms. The number of esters is 1. The molecule has 1 aliphatic rings. The van der Waals surface area contributed by atoms with Crippen LogP contribution in [0.25, 0.3) is 0 Å². The third-order valence-corrected chi connectivity index (χ3v) is 3.53. The number of rotatable bonds is 6. The summed E-state index contributed by atoms with van der Waals surface area (Å²) in [5.41, 5.74) is 1.85. The molecular formula is C16H21NO4. The Hall–Kier alpha value is -2.04. The maximum Gasteiger partial charge on any atom is 0.347 e. The van der Waals surface area contributed by atoms with Crippen LogP contribution < -0.4 is 10.1 Å². The Kier molecular flexibility index (Phi) is 5.20. The molecule has 0 saturated heterocycles.